The fourth-order valence-electron chi connectivity index (χ4n) is 1.84. The van der Waals surface area contributed by atoms with E-state index in [9.17, 15) is 9.59 Å². The van der Waals surface area contributed by atoms with Gasteiger partial charge in [-0.1, -0.05) is 11.6 Å². The highest BCUT2D eigenvalue weighted by molar-refractivity contribution is 6.34. The molecule has 0 saturated heterocycles. The first-order valence-electron chi connectivity index (χ1n) is 6.26. The third kappa shape index (κ3) is 3.38. The van der Waals surface area contributed by atoms with E-state index in [0.717, 1.165) is 5.56 Å². The van der Waals surface area contributed by atoms with Crippen LogP contribution in [0, 0.1) is 6.92 Å². The van der Waals surface area contributed by atoms with Crippen LogP contribution < -0.4 is 10.6 Å². The van der Waals surface area contributed by atoms with E-state index in [1.807, 2.05) is 6.92 Å². The van der Waals surface area contributed by atoms with Crippen LogP contribution in [-0.2, 0) is 0 Å². The number of hydrogen-bond donors (Lipinski definition) is 2. The van der Waals surface area contributed by atoms with Gasteiger partial charge >= 0.3 is 0 Å². The van der Waals surface area contributed by atoms with Gasteiger partial charge in [-0.2, -0.15) is 0 Å². The summed E-state index contributed by atoms with van der Waals surface area (Å²) in [7, 11) is 1.57. The fourth-order valence-corrected chi connectivity index (χ4v) is 2.04. The topological polar surface area (TPSA) is 71.1 Å². The number of benzene rings is 1. The predicted molar refractivity (Wildman–Crippen MR) is 81.8 cm³/mol. The fraction of sp³-hybridized carbons (Fsp3) is 0.133. The summed E-state index contributed by atoms with van der Waals surface area (Å²) in [5.41, 5.74) is 2.30. The summed E-state index contributed by atoms with van der Waals surface area (Å²) in [5.74, 6) is -0.494. The molecule has 2 aromatic rings. The van der Waals surface area contributed by atoms with Crippen LogP contribution in [0.2, 0.25) is 5.02 Å². The highest BCUT2D eigenvalue weighted by Crippen LogP contribution is 2.20. The molecule has 2 rings (SSSR count). The Balaban J connectivity index is 2.22. The Hall–Kier alpha value is -2.40. The Morgan fingerprint density at radius 1 is 1.19 bits per heavy atom. The molecule has 2 N–H and O–H groups in total. The predicted octanol–water partition coefficient (Wildman–Crippen LogP) is 2.66. The van der Waals surface area contributed by atoms with Crippen molar-refractivity contribution < 1.29 is 9.59 Å². The Bertz CT molecular complexity index is 701. The normalized spacial score (nSPS) is 10.0. The van der Waals surface area contributed by atoms with Gasteiger partial charge in [0.2, 0.25) is 0 Å². The van der Waals surface area contributed by atoms with Gasteiger partial charge in [0.25, 0.3) is 11.8 Å². The van der Waals surface area contributed by atoms with Gasteiger partial charge in [-0.3, -0.25) is 14.6 Å². The van der Waals surface area contributed by atoms with E-state index < -0.39 is 0 Å². The van der Waals surface area contributed by atoms with Gasteiger partial charge in [-0.25, -0.2) is 0 Å². The van der Waals surface area contributed by atoms with E-state index in [1.54, 1.807) is 31.3 Å². The van der Waals surface area contributed by atoms with Crippen LogP contribution in [0.5, 0.6) is 0 Å². The van der Waals surface area contributed by atoms with Gasteiger partial charge < -0.3 is 10.6 Å². The van der Waals surface area contributed by atoms with E-state index in [-0.39, 0.29) is 16.8 Å². The first-order valence-corrected chi connectivity index (χ1v) is 6.64. The average Bonchev–Trinajstić information content (AvgIpc) is 2.48. The molecule has 21 heavy (non-hydrogen) atoms. The molecule has 2 amide bonds. The SMILES string of the molecule is CNC(=O)c1ccc(NC(=O)c2ccncc2Cl)c(C)c1. The second-order valence-corrected chi connectivity index (χ2v) is 4.83. The van der Waals surface area contributed by atoms with E-state index in [1.165, 1.54) is 12.4 Å². The van der Waals surface area contributed by atoms with Crippen molar-refractivity contribution in [1.82, 2.24) is 10.3 Å². The number of hydrogen-bond acceptors (Lipinski definition) is 3. The minimum absolute atomic E-state index is 0.173. The number of aryl methyl sites for hydroxylation is 1. The first kappa shape index (κ1) is 15.0. The number of pyridine rings is 1. The third-order valence-corrected chi connectivity index (χ3v) is 3.28. The molecule has 0 atom stereocenters. The molecule has 0 saturated carbocycles. The molecule has 1 aromatic heterocycles. The van der Waals surface area contributed by atoms with Crippen LogP contribution in [0.15, 0.2) is 36.7 Å². The maximum atomic E-state index is 12.2. The smallest absolute Gasteiger partial charge is 0.257 e. The van der Waals surface area contributed by atoms with Gasteiger partial charge in [-0.05, 0) is 36.8 Å². The van der Waals surface area contributed by atoms with Crippen molar-refractivity contribution in [2.24, 2.45) is 0 Å². The average molecular weight is 304 g/mol. The molecule has 1 aromatic carbocycles. The molecule has 0 fully saturated rings. The van der Waals surface area contributed by atoms with Crippen molar-refractivity contribution in [1.29, 1.82) is 0 Å². The van der Waals surface area contributed by atoms with Gasteiger partial charge in [0.05, 0.1) is 10.6 Å². The van der Waals surface area contributed by atoms with Crippen LogP contribution in [0.1, 0.15) is 26.3 Å². The highest BCUT2D eigenvalue weighted by atomic mass is 35.5. The molecule has 108 valence electrons. The largest absolute Gasteiger partial charge is 0.355 e. The zero-order valence-electron chi connectivity index (χ0n) is 11.6. The van der Waals surface area contributed by atoms with E-state index >= 15 is 0 Å². The highest BCUT2D eigenvalue weighted by Gasteiger charge is 2.12. The minimum Gasteiger partial charge on any atom is -0.355 e. The maximum Gasteiger partial charge on any atom is 0.257 e. The van der Waals surface area contributed by atoms with Crippen LogP contribution >= 0.6 is 11.6 Å². The molecule has 0 aliphatic carbocycles. The summed E-state index contributed by atoms with van der Waals surface area (Å²) in [5, 5.41) is 5.61. The van der Waals surface area contributed by atoms with Crippen molar-refractivity contribution in [3.8, 4) is 0 Å². The number of anilines is 1. The molecular weight excluding hydrogens is 290 g/mol. The first-order chi connectivity index (χ1) is 10.0. The molecule has 0 aliphatic heterocycles. The Kier molecular flexibility index (Phi) is 4.55. The lowest BCUT2D eigenvalue weighted by molar-refractivity contribution is 0.0962. The molecule has 5 nitrogen and oxygen atoms in total. The third-order valence-electron chi connectivity index (χ3n) is 2.98. The van der Waals surface area contributed by atoms with Crippen molar-refractivity contribution in [3.63, 3.8) is 0 Å². The van der Waals surface area contributed by atoms with Crippen LogP contribution in [0.4, 0.5) is 5.69 Å². The Morgan fingerprint density at radius 3 is 2.57 bits per heavy atom. The summed E-state index contributed by atoms with van der Waals surface area (Å²) in [6.07, 6.45) is 2.92. The molecule has 6 heteroatoms. The molecule has 0 aliphatic rings. The lowest BCUT2D eigenvalue weighted by Crippen LogP contribution is -2.18. The summed E-state index contributed by atoms with van der Waals surface area (Å²) in [4.78, 5) is 27.5. The molecule has 0 radical (unpaired) electrons. The van der Waals surface area contributed by atoms with Crippen LogP contribution in [0.25, 0.3) is 0 Å². The number of aromatic nitrogens is 1. The molecular formula is C15H14ClN3O2. The number of rotatable bonds is 3. The lowest BCUT2D eigenvalue weighted by Gasteiger charge is -2.10. The Labute approximate surface area is 127 Å². The van der Waals surface area contributed by atoms with Gasteiger partial charge in [0, 0.05) is 30.7 Å². The Morgan fingerprint density at radius 2 is 1.95 bits per heavy atom. The number of carbonyl (C=O) groups is 2. The second kappa shape index (κ2) is 6.37. The standard InChI is InChI=1S/C15H14ClN3O2/c1-9-7-10(14(20)17-2)3-4-13(9)19-15(21)11-5-6-18-8-12(11)16/h3-8H,1-2H3,(H,17,20)(H,19,21). The van der Waals surface area contributed by atoms with Crippen molar-refractivity contribution in [2.75, 3.05) is 12.4 Å². The second-order valence-electron chi connectivity index (χ2n) is 4.42. The zero-order valence-corrected chi connectivity index (χ0v) is 12.4. The number of amides is 2. The summed E-state index contributed by atoms with van der Waals surface area (Å²) in [6.45, 7) is 1.82. The molecule has 0 bridgehead atoms. The summed E-state index contributed by atoms with van der Waals surface area (Å²) >= 11 is 5.93. The number of nitrogens with one attached hydrogen (secondary N) is 2. The van der Waals surface area contributed by atoms with Crippen molar-refractivity contribution >= 4 is 29.1 Å². The van der Waals surface area contributed by atoms with E-state index in [4.69, 9.17) is 11.6 Å². The molecule has 1 heterocycles. The monoisotopic (exact) mass is 303 g/mol. The zero-order chi connectivity index (χ0) is 15.4. The summed E-state index contributed by atoms with van der Waals surface area (Å²) < 4.78 is 0. The summed E-state index contributed by atoms with van der Waals surface area (Å²) in [6, 6.07) is 6.59. The number of nitrogens with zero attached hydrogens (tertiary/aromatic N) is 1. The van der Waals surface area contributed by atoms with Crippen LogP contribution in [0.3, 0.4) is 0 Å². The van der Waals surface area contributed by atoms with E-state index in [0.29, 0.717) is 16.8 Å². The molecule has 0 unspecified atom stereocenters. The maximum absolute atomic E-state index is 12.2. The lowest BCUT2D eigenvalue weighted by atomic mass is 10.1. The van der Waals surface area contributed by atoms with Gasteiger partial charge in [0.1, 0.15) is 0 Å². The minimum atomic E-state index is -0.321. The van der Waals surface area contributed by atoms with Gasteiger partial charge in [0.15, 0.2) is 0 Å². The molecule has 0 spiro atoms. The van der Waals surface area contributed by atoms with Crippen molar-refractivity contribution in [3.05, 3.63) is 58.4 Å². The number of carbonyl (C=O) groups excluding carboxylic acids is 2. The van der Waals surface area contributed by atoms with Crippen molar-refractivity contribution in [2.45, 2.75) is 6.92 Å². The van der Waals surface area contributed by atoms with E-state index in [2.05, 4.69) is 15.6 Å². The number of halogens is 1. The van der Waals surface area contributed by atoms with Crippen LogP contribution in [-0.4, -0.2) is 23.8 Å². The van der Waals surface area contributed by atoms with Gasteiger partial charge in [-0.15, -0.1) is 0 Å². The quantitative estimate of drug-likeness (QED) is 0.915.